The molecule has 3 aromatic carbocycles. The van der Waals surface area contributed by atoms with Gasteiger partial charge < -0.3 is 19.7 Å². The number of hydrogen-bond acceptors (Lipinski definition) is 5. The third-order valence-electron chi connectivity index (χ3n) is 5.18. The van der Waals surface area contributed by atoms with Gasteiger partial charge in [0.1, 0.15) is 5.75 Å². The first-order valence-electron chi connectivity index (χ1n) is 10.7. The van der Waals surface area contributed by atoms with E-state index < -0.39 is 0 Å². The Kier molecular flexibility index (Phi) is 6.69. The average molecular weight is 444 g/mol. The fourth-order valence-corrected chi connectivity index (χ4v) is 3.44. The van der Waals surface area contributed by atoms with Gasteiger partial charge in [-0.15, -0.1) is 0 Å². The molecule has 168 valence electrons. The second-order valence-electron chi connectivity index (χ2n) is 7.60. The highest BCUT2D eigenvalue weighted by atomic mass is 16.5. The Labute approximate surface area is 191 Å². The Balaban J connectivity index is 1.39. The van der Waals surface area contributed by atoms with Crippen molar-refractivity contribution in [2.45, 2.75) is 19.9 Å². The van der Waals surface area contributed by atoms with Crippen molar-refractivity contribution in [1.82, 2.24) is 0 Å². The van der Waals surface area contributed by atoms with Crippen molar-refractivity contribution in [3.63, 3.8) is 0 Å². The Hall–Kier alpha value is -4.13. The van der Waals surface area contributed by atoms with Gasteiger partial charge in [-0.2, -0.15) is 0 Å². The summed E-state index contributed by atoms with van der Waals surface area (Å²) in [6.45, 7) is 2.70. The number of rotatable bonds is 7. The molecule has 1 aliphatic rings. The minimum atomic E-state index is -0.383. The van der Waals surface area contributed by atoms with E-state index in [1.54, 1.807) is 41.3 Å². The fourth-order valence-electron chi connectivity index (χ4n) is 3.44. The summed E-state index contributed by atoms with van der Waals surface area (Å²) in [6, 6.07) is 21.1. The summed E-state index contributed by atoms with van der Waals surface area (Å²) in [5.74, 6) is -0.0855. The Morgan fingerprint density at radius 1 is 0.970 bits per heavy atom. The highest BCUT2D eigenvalue weighted by molar-refractivity contribution is 6.04. The van der Waals surface area contributed by atoms with Gasteiger partial charge in [0.25, 0.3) is 11.8 Å². The third kappa shape index (κ3) is 5.20. The van der Waals surface area contributed by atoms with Crippen LogP contribution in [-0.2, 0) is 16.1 Å². The Morgan fingerprint density at radius 2 is 1.67 bits per heavy atom. The average Bonchev–Trinajstić information content (AvgIpc) is 2.85. The van der Waals surface area contributed by atoms with E-state index in [-0.39, 0.29) is 24.4 Å². The molecule has 0 fully saturated rings. The number of anilines is 2. The van der Waals surface area contributed by atoms with E-state index in [2.05, 4.69) is 5.32 Å². The number of carbonyl (C=O) groups is 3. The van der Waals surface area contributed by atoms with Crippen LogP contribution in [0.25, 0.3) is 0 Å². The number of carbonyl (C=O) groups excluding carboxylic acids is 3. The number of amides is 2. The van der Waals surface area contributed by atoms with Crippen LogP contribution in [0, 0.1) is 0 Å². The standard InChI is InChI=1S/C26H24N2O5/c1-2-15-32-26(31)20-11-13-21(14-12-20)27-25(30)19-9-7-18(8-10-19)16-28-22-5-3-4-6-23(22)33-17-24(28)29/h3-14H,2,15-17H2,1H3,(H,27,30). The molecule has 0 aromatic heterocycles. The van der Waals surface area contributed by atoms with Crippen LogP contribution in [0.4, 0.5) is 11.4 Å². The molecule has 1 aliphatic heterocycles. The first-order valence-corrected chi connectivity index (χ1v) is 10.7. The van der Waals surface area contributed by atoms with Crippen LogP contribution in [0.5, 0.6) is 5.75 Å². The quantitative estimate of drug-likeness (QED) is 0.545. The van der Waals surface area contributed by atoms with Gasteiger partial charge in [0.15, 0.2) is 6.61 Å². The predicted molar refractivity (Wildman–Crippen MR) is 125 cm³/mol. The van der Waals surface area contributed by atoms with Gasteiger partial charge in [-0.3, -0.25) is 9.59 Å². The molecule has 4 rings (SSSR count). The molecule has 33 heavy (non-hydrogen) atoms. The maximum absolute atomic E-state index is 12.6. The molecule has 0 radical (unpaired) electrons. The lowest BCUT2D eigenvalue weighted by Crippen LogP contribution is -2.38. The van der Waals surface area contributed by atoms with E-state index >= 15 is 0 Å². The van der Waals surface area contributed by atoms with E-state index in [9.17, 15) is 14.4 Å². The van der Waals surface area contributed by atoms with Crippen LogP contribution in [0.1, 0.15) is 39.6 Å². The molecule has 0 unspecified atom stereocenters. The van der Waals surface area contributed by atoms with E-state index in [0.29, 0.717) is 35.7 Å². The summed E-state index contributed by atoms with van der Waals surface area (Å²) in [6.07, 6.45) is 0.759. The molecule has 1 heterocycles. The zero-order chi connectivity index (χ0) is 23.2. The summed E-state index contributed by atoms with van der Waals surface area (Å²) in [4.78, 5) is 38.5. The Morgan fingerprint density at radius 3 is 2.39 bits per heavy atom. The minimum absolute atomic E-state index is 0.00657. The number of fused-ring (bicyclic) bond motifs is 1. The maximum Gasteiger partial charge on any atom is 0.338 e. The molecule has 0 saturated heterocycles. The fraction of sp³-hybridized carbons (Fsp3) is 0.192. The van der Waals surface area contributed by atoms with Crippen molar-refractivity contribution in [1.29, 1.82) is 0 Å². The first kappa shape index (κ1) is 22.1. The van der Waals surface area contributed by atoms with Crippen molar-refractivity contribution in [3.8, 4) is 5.75 Å². The smallest absolute Gasteiger partial charge is 0.338 e. The molecule has 7 nitrogen and oxygen atoms in total. The number of para-hydroxylation sites is 2. The van der Waals surface area contributed by atoms with Gasteiger partial charge in [-0.25, -0.2) is 4.79 Å². The lowest BCUT2D eigenvalue weighted by molar-refractivity contribution is -0.121. The summed E-state index contributed by atoms with van der Waals surface area (Å²) in [5, 5.41) is 2.82. The largest absolute Gasteiger partial charge is 0.482 e. The Bertz CT molecular complexity index is 1160. The highest BCUT2D eigenvalue weighted by Gasteiger charge is 2.25. The first-order chi connectivity index (χ1) is 16.0. The molecule has 0 aliphatic carbocycles. The summed E-state index contributed by atoms with van der Waals surface area (Å²) in [7, 11) is 0. The molecule has 3 aromatic rings. The lowest BCUT2D eigenvalue weighted by atomic mass is 10.1. The van der Waals surface area contributed by atoms with Crippen molar-refractivity contribution < 1.29 is 23.9 Å². The molecule has 0 spiro atoms. The normalized spacial score (nSPS) is 12.5. The molecular weight excluding hydrogens is 420 g/mol. The van der Waals surface area contributed by atoms with Crippen LogP contribution in [0.2, 0.25) is 0 Å². The topological polar surface area (TPSA) is 84.9 Å². The van der Waals surface area contributed by atoms with E-state index in [0.717, 1.165) is 17.7 Å². The van der Waals surface area contributed by atoms with Gasteiger partial charge in [-0.05, 0) is 60.5 Å². The zero-order valence-corrected chi connectivity index (χ0v) is 18.2. The molecule has 0 bridgehead atoms. The number of hydrogen-bond donors (Lipinski definition) is 1. The van der Waals surface area contributed by atoms with Crippen molar-refractivity contribution in [3.05, 3.63) is 89.5 Å². The number of nitrogens with zero attached hydrogens (tertiary/aromatic N) is 1. The van der Waals surface area contributed by atoms with Gasteiger partial charge >= 0.3 is 5.97 Å². The number of benzene rings is 3. The van der Waals surface area contributed by atoms with Crippen LogP contribution in [-0.4, -0.2) is 31.0 Å². The summed E-state index contributed by atoms with van der Waals surface area (Å²) >= 11 is 0. The summed E-state index contributed by atoms with van der Waals surface area (Å²) in [5.41, 5.74) is 3.12. The second kappa shape index (κ2) is 9.99. The number of nitrogens with one attached hydrogen (secondary N) is 1. The van der Waals surface area contributed by atoms with Crippen LogP contribution >= 0.6 is 0 Å². The minimum Gasteiger partial charge on any atom is -0.482 e. The van der Waals surface area contributed by atoms with Gasteiger partial charge in [0, 0.05) is 11.3 Å². The monoisotopic (exact) mass is 444 g/mol. The predicted octanol–water partition coefficient (Wildman–Crippen LogP) is 4.43. The van der Waals surface area contributed by atoms with E-state index in [4.69, 9.17) is 9.47 Å². The molecule has 7 heteroatoms. The summed E-state index contributed by atoms with van der Waals surface area (Å²) < 4.78 is 10.6. The van der Waals surface area contributed by atoms with Crippen molar-refractivity contribution in [2.75, 3.05) is 23.4 Å². The lowest BCUT2D eigenvalue weighted by Gasteiger charge is -2.29. The molecule has 0 saturated carbocycles. The van der Waals surface area contributed by atoms with Gasteiger partial charge in [0.2, 0.25) is 0 Å². The highest BCUT2D eigenvalue weighted by Crippen LogP contribution is 2.32. The SMILES string of the molecule is CCCOC(=O)c1ccc(NC(=O)c2ccc(CN3C(=O)COc4ccccc43)cc2)cc1. The van der Waals surface area contributed by atoms with Crippen LogP contribution in [0.3, 0.4) is 0 Å². The molecule has 0 atom stereocenters. The van der Waals surface area contributed by atoms with Gasteiger partial charge in [-0.1, -0.05) is 31.2 Å². The maximum atomic E-state index is 12.6. The number of esters is 1. The van der Waals surface area contributed by atoms with Crippen molar-refractivity contribution in [2.24, 2.45) is 0 Å². The van der Waals surface area contributed by atoms with E-state index in [1.165, 1.54) is 0 Å². The van der Waals surface area contributed by atoms with Crippen LogP contribution in [0.15, 0.2) is 72.8 Å². The molecular formula is C26H24N2O5. The van der Waals surface area contributed by atoms with E-state index in [1.807, 2.05) is 43.3 Å². The van der Waals surface area contributed by atoms with Crippen LogP contribution < -0.4 is 15.0 Å². The second-order valence-corrected chi connectivity index (χ2v) is 7.60. The number of ether oxygens (including phenoxy) is 2. The van der Waals surface area contributed by atoms with Crippen molar-refractivity contribution >= 4 is 29.2 Å². The zero-order valence-electron chi connectivity index (χ0n) is 18.2. The molecule has 2 amide bonds. The van der Waals surface area contributed by atoms with Gasteiger partial charge in [0.05, 0.1) is 24.4 Å². The molecule has 1 N–H and O–H groups in total. The third-order valence-corrected chi connectivity index (χ3v) is 5.18.